The molecule has 0 aliphatic carbocycles. The van der Waals surface area contributed by atoms with Gasteiger partial charge in [0.05, 0.1) is 5.69 Å². The average Bonchev–Trinajstić information content (AvgIpc) is 2.56. The maximum Gasteiger partial charge on any atom is 0.149 e. The molecule has 23 heavy (non-hydrogen) atoms. The minimum absolute atomic E-state index is 0.470. The fourth-order valence-corrected chi connectivity index (χ4v) is 2.88. The Morgan fingerprint density at radius 3 is 2.43 bits per heavy atom. The van der Waals surface area contributed by atoms with E-state index in [1.807, 2.05) is 11.1 Å². The lowest BCUT2D eigenvalue weighted by Gasteiger charge is -2.36. The van der Waals surface area contributed by atoms with Crippen LogP contribution < -0.4 is 10.6 Å². The van der Waals surface area contributed by atoms with Crippen LogP contribution in [0.3, 0.4) is 0 Å². The predicted octanol–water partition coefficient (Wildman–Crippen LogP) is 2.14. The first-order valence-corrected chi connectivity index (χ1v) is 7.71. The maximum atomic E-state index is 13.8. The highest BCUT2D eigenvalue weighted by atomic mass is 19.1. The highest BCUT2D eigenvalue weighted by molar-refractivity contribution is 5.48. The summed E-state index contributed by atoms with van der Waals surface area (Å²) in [6.07, 6.45) is 3.63. The first kappa shape index (κ1) is 15.8. The summed E-state index contributed by atoms with van der Waals surface area (Å²) >= 11 is 0. The lowest BCUT2D eigenvalue weighted by molar-refractivity contribution is 0.249. The molecule has 0 atom stereocenters. The van der Waals surface area contributed by atoms with Gasteiger partial charge < -0.3 is 10.6 Å². The fourth-order valence-electron chi connectivity index (χ4n) is 2.88. The van der Waals surface area contributed by atoms with E-state index in [0.29, 0.717) is 25.3 Å². The van der Waals surface area contributed by atoms with Gasteiger partial charge in [-0.15, -0.1) is 0 Å². The van der Waals surface area contributed by atoms with Gasteiger partial charge in [0, 0.05) is 57.7 Å². The van der Waals surface area contributed by atoms with Gasteiger partial charge in [0.25, 0.3) is 0 Å². The summed E-state index contributed by atoms with van der Waals surface area (Å²) in [5, 5.41) is 0. The van der Waals surface area contributed by atoms with Crippen molar-refractivity contribution in [2.24, 2.45) is 5.73 Å². The van der Waals surface area contributed by atoms with Crippen molar-refractivity contribution in [2.45, 2.75) is 13.1 Å². The molecular weight excluding hydrogens is 298 g/mol. The van der Waals surface area contributed by atoms with Crippen LogP contribution in [0.15, 0.2) is 36.7 Å². The highest BCUT2D eigenvalue weighted by Crippen LogP contribution is 2.22. The molecule has 3 rings (SSSR count). The topological polar surface area (TPSA) is 45.4 Å². The van der Waals surface area contributed by atoms with Crippen LogP contribution in [0.4, 0.5) is 14.5 Å². The first-order valence-electron chi connectivity index (χ1n) is 7.71. The Bertz CT molecular complexity index is 669. The molecule has 1 fully saturated rings. The third-order valence-electron chi connectivity index (χ3n) is 4.12. The molecule has 0 saturated carbocycles. The molecule has 1 aromatic heterocycles. The summed E-state index contributed by atoms with van der Waals surface area (Å²) in [7, 11) is 0. The van der Waals surface area contributed by atoms with Crippen LogP contribution in [0.2, 0.25) is 0 Å². The number of nitrogens with two attached hydrogens (primary N) is 1. The predicted molar refractivity (Wildman–Crippen MR) is 86.0 cm³/mol. The SMILES string of the molecule is NCc1cncc(CN2CCN(c3ccc(F)cc3F)CC2)c1. The minimum atomic E-state index is -0.544. The summed E-state index contributed by atoms with van der Waals surface area (Å²) < 4.78 is 26.8. The number of pyridine rings is 1. The van der Waals surface area contributed by atoms with Crippen LogP contribution in [0, 0.1) is 11.6 Å². The second-order valence-corrected chi connectivity index (χ2v) is 5.76. The summed E-state index contributed by atoms with van der Waals surface area (Å²) in [4.78, 5) is 8.46. The summed E-state index contributed by atoms with van der Waals surface area (Å²) in [6, 6.07) is 5.81. The number of piperazine rings is 1. The quantitative estimate of drug-likeness (QED) is 0.938. The van der Waals surface area contributed by atoms with Gasteiger partial charge in [-0.05, 0) is 23.3 Å². The van der Waals surface area contributed by atoms with Gasteiger partial charge in [0.15, 0.2) is 0 Å². The van der Waals surface area contributed by atoms with Crippen molar-refractivity contribution < 1.29 is 8.78 Å². The van der Waals surface area contributed by atoms with E-state index in [-0.39, 0.29) is 0 Å². The number of anilines is 1. The van der Waals surface area contributed by atoms with Crippen LogP contribution in [-0.4, -0.2) is 36.1 Å². The van der Waals surface area contributed by atoms with Crippen molar-refractivity contribution in [3.63, 3.8) is 0 Å². The van der Waals surface area contributed by atoms with Crippen molar-refractivity contribution in [1.82, 2.24) is 9.88 Å². The molecular formula is C17H20F2N4. The molecule has 2 aromatic rings. The third-order valence-corrected chi connectivity index (χ3v) is 4.12. The Morgan fingerprint density at radius 1 is 1.00 bits per heavy atom. The number of aromatic nitrogens is 1. The second-order valence-electron chi connectivity index (χ2n) is 5.76. The van der Waals surface area contributed by atoms with E-state index in [1.54, 1.807) is 6.20 Å². The molecule has 0 radical (unpaired) electrons. The first-order chi connectivity index (χ1) is 11.2. The van der Waals surface area contributed by atoms with Gasteiger partial charge >= 0.3 is 0 Å². The van der Waals surface area contributed by atoms with Gasteiger partial charge in [0.1, 0.15) is 11.6 Å². The molecule has 2 heterocycles. The Morgan fingerprint density at radius 2 is 1.74 bits per heavy atom. The number of hydrogen-bond donors (Lipinski definition) is 1. The Kier molecular flexibility index (Phi) is 4.83. The minimum Gasteiger partial charge on any atom is -0.367 e. The van der Waals surface area contributed by atoms with Crippen LogP contribution in [-0.2, 0) is 13.1 Å². The lowest BCUT2D eigenvalue weighted by atomic mass is 10.1. The van der Waals surface area contributed by atoms with E-state index < -0.39 is 11.6 Å². The third kappa shape index (κ3) is 3.83. The van der Waals surface area contributed by atoms with E-state index >= 15 is 0 Å². The largest absolute Gasteiger partial charge is 0.367 e. The normalized spacial score (nSPS) is 15.9. The van der Waals surface area contributed by atoms with Gasteiger partial charge in [-0.3, -0.25) is 9.88 Å². The van der Waals surface area contributed by atoms with Crippen LogP contribution in [0.25, 0.3) is 0 Å². The molecule has 0 amide bonds. The summed E-state index contributed by atoms with van der Waals surface area (Å²) in [5.41, 5.74) is 8.26. The zero-order chi connectivity index (χ0) is 16.2. The molecule has 1 aliphatic heterocycles. The smallest absolute Gasteiger partial charge is 0.149 e. The molecule has 1 saturated heterocycles. The lowest BCUT2D eigenvalue weighted by Crippen LogP contribution is -2.46. The monoisotopic (exact) mass is 318 g/mol. The molecule has 0 bridgehead atoms. The number of benzene rings is 1. The fraction of sp³-hybridized carbons (Fsp3) is 0.353. The van der Waals surface area contributed by atoms with Crippen LogP contribution in [0.5, 0.6) is 0 Å². The molecule has 6 heteroatoms. The van der Waals surface area contributed by atoms with E-state index in [4.69, 9.17) is 5.73 Å². The maximum absolute atomic E-state index is 13.8. The van der Waals surface area contributed by atoms with Crippen molar-refractivity contribution >= 4 is 5.69 Å². The van der Waals surface area contributed by atoms with Gasteiger partial charge in [-0.25, -0.2) is 8.78 Å². The van der Waals surface area contributed by atoms with Crippen molar-refractivity contribution in [1.29, 1.82) is 0 Å². The van der Waals surface area contributed by atoms with E-state index in [9.17, 15) is 8.78 Å². The van der Waals surface area contributed by atoms with Crippen molar-refractivity contribution in [3.05, 3.63) is 59.4 Å². The molecule has 0 spiro atoms. The van der Waals surface area contributed by atoms with Gasteiger partial charge in [-0.2, -0.15) is 0 Å². The number of halogens is 2. The zero-order valence-corrected chi connectivity index (χ0v) is 12.9. The van der Waals surface area contributed by atoms with Crippen molar-refractivity contribution in [3.8, 4) is 0 Å². The van der Waals surface area contributed by atoms with E-state index in [1.165, 1.54) is 12.1 Å². The number of rotatable bonds is 4. The molecule has 1 aromatic carbocycles. The van der Waals surface area contributed by atoms with E-state index in [2.05, 4.69) is 16.0 Å². The molecule has 2 N–H and O–H groups in total. The van der Waals surface area contributed by atoms with Gasteiger partial charge in [-0.1, -0.05) is 6.07 Å². The second kappa shape index (κ2) is 7.02. The Labute approximate surface area is 134 Å². The zero-order valence-electron chi connectivity index (χ0n) is 12.9. The molecule has 1 aliphatic rings. The molecule has 4 nitrogen and oxygen atoms in total. The average molecular weight is 318 g/mol. The van der Waals surface area contributed by atoms with Crippen LogP contribution in [0.1, 0.15) is 11.1 Å². The van der Waals surface area contributed by atoms with Crippen molar-refractivity contribution in [2.75, 3.05) is 31.1 Å². The summed E-state index contributed by atoms with van der Waals surface area (Å²) in [5.74, 6) is -1.05. The van der Waals surface area contributed by atoms with E-state index in [0.717, 1.165) is 36.8 Å². The van der Waals surface area contributed by atoms with Gasteiger partial charge in [0.2, 0.25) is 0 Å². The molecule has 0 unspecified atom stereocenters. The highest BCUT2D eigenvalue weighted by Gasteiger charge is 2.20. The summed E-state index contributed by atoms with van der Waals surface area (Å²) in [6.45, 7) is 4.37. The molecule has 122 valence electrons. The number of hydrogen-bond acceptors (Lipinski definition) is 4. The van der Waals surface area contributed by atoms with Crippen LogP contribution >= 0.6 is 0 Å². The number of nitrogens with zero attached hydrogens (tertiary/aromatic N) is 3. The standard InChI is InChI=1S/C17H20F2N4/c18-15-1-2-17(16(19)8-15)23-5-3-22(4-6-23)12-14-7-13(9-20)10-21-11-14/h1-2,7-8,10-11H,3-6,9,12,20H2. The Balaban J connectivity index is 1.59. The Hall–Kier alpha value is -2.05.